The van der Waals surface area contributed by atoms with Gasteiger partial charge in [-0.05, 0) is 6.92 Å². The molecule has 0 aromatic carbocycles. The van der Waals surface area contributed by atoms with Crippen LogP contribution in [0.3, 0.4) is 0 Å². The molecule has 0 fully saturated rings. The third-order valence-corrected chi connectivity index (χ3v) is 1.61. The van der Waals surface area contributed by atoms with Gasteiger partial charge in [-0.3, -0.25) is 10.1 Å². The van der Waals surface area contributed by atoms with Crippen LogP contribution in [0.4, 0.5) is 4.39 Å². The summed E-state index contributed by atoms with van der Waals surface area (Å²) < 4.78 is 12.9. The summed E-state index contributed by atoms with van der Waals surface area (Å²) in [6.45, 7) is 5.83. The third kappa shape index (κ3) is 1.66. The zero-order valence-corrected chi connectivity index (χ0v) is 7.93. The Morgan fingerprint density at radius 3 is 2.62 bits per heavy atom. The number of aromatic nitrogens is 3. The number of pyridine rings is 1. The summed E-state index contributed by atoms with van der Waals surface area (Å²) >= 11 is 0. The second kappa shape index (κ2) is 3.98. The Hall–Kier alpha value is -1.45. The summed E-state index contributed by atoms with van der Waals surface area (Å²) in [5.41, 5.74) is 1.20. The first-order chi connectivity index (χ1) is 6.29. The quantitative estimate of drug-likeness (QED) is 0.678. The lowest BCUT2D eigenvalue weighted by Gasteiger charge is -1.87. The summed E-state index contributed by atoms with van der Waals surface area (Å²) in [7, 11) is 0. The number of fused-ring (bicyclic) bond motifs is 1. The maximum Gasteiger partial charge on any atom is 0.169 e. The number of rotatable bonds is 0. The van der Waals surface area contributed by atoms with Gasteiger partial charge in [0.2, 0.25) is 0 Å². The van der Waals surface area contributed by atoms with Gasteiger partial charge >= 0.3 is 0 Å². The summed E-state index contributed by atoms with van der Waals surface area (Å²) in [4.78, 5) is 3.71. The molecule has 2 aromatic rings. The molecule has 70 valence electrons. The van der Waals surface area contributed by atoms with Crippen molar-refractivity contribution in [2.45, 2.75) is 20.8 Å². The van der Waals surface area contributed by atoms with Crippen molar-refractivity contribution >= 4 is 10.9 Å². The Labute approximate surface area is 76.0 Å². The van der Waals surface area contributed by atoms with Crippen molar-refractivity contribution in [3.8, 4) is 0 Å². The van der Waals surface area contributed by atoms with Gasteiger partial charge in [-0.1, -0.05) is 13.8 Å². The molecular formula is C9H12FN3. The lowest BCUT2D eigenvalue weighted by atomic mass is 10.3. The van der Waals surface area contributed by atoms with E-state index in [0.29, 0.717) is 5.52 Å². The van der Waals surface area contributed by atoms with Gasteiger partial charge in [-0.15, -0.1) is 0 Å². The molecule has 4 heteroatoms. The fraction of sp³-hybridized carbons (Fsp3) is 0.333. The first-order valence-electron chi connectivity index (χ1n) is 4.23. The van der Waals surface area contributed by atoms with E-state index in [2.05, 4.69) is 15.2 Å². The molecule has 13 heavy (non-hydrogen) atoms. The van der Waals surface area contributed by atoms with Gasteiger partial charge in [0.25, 0.3) is 0 Å². The number of aromatic amines is 1. The first-order valence-corrected chi connectivity index (χ1v) is 4.23. The zero-order valence-electron chi connectivity index (χ0n) is 7.93. The van der Waals surface area contributed by atoms with Gasteiger partial charge in [-0.2, -0.15) is 5.10 Å². The normalized spacial score (nSPS) is 9.54. The number of H-pyrrole nitrogens is 1. The Morgan fingerprint density at radius 2 is 2.00 bits per heavy atom. The van der Waals surface area contributed by atoms with Crippen molar-refractivity contribution in [3.05, 3.63) is 23.9 Å². The second-order valence-corrected chi connectivity index (χ2v) is 2.37. The molecule has 0 spiro atoms. The molecule has 0 atom stereocenters. The smallest absolute Gasteiger partial charge is 0.169 e. The van der Waals surface area contributed by atoms with Crippen molar-refractivity contribution < 1.29 is 4.39 Å². The van der Waals surface area contributed by atoms with E-state index in [-0.39, 0.29) is 5.82 Å². The molecule has 3 nitrogen and oxygen atoms in total. The third-order valence-electron chi connectivity index (χ3n) is 1.61. The SMILES string of the molecule is CC.Cc1[nH]nc2c(F)cncc12. The van der Waals surface area contributed by atoms with Gasteiger partial charge in [0, 0.05) is 17.3 Å². The molecule has 0 saturated carbocycles. The van der Waals surface area contributed by atoms with Crippen LogP contribution >= 0.6 is 0 Å². The standard InChI is InChI=1S/C7H6FN3.C2H6/c1-4-5-2-9-3-6(8)7(5)11-10-4;1-2/h2-3H,1H3,(H,10,11);1-2H3. The number of hydrogen-bond acceptors (Lipinski definition) is 2. The van der Waals surface area contributed by atoms with Gasteiger partial charge < -0.3 is 0 Å². The van der Waals surface area contributed by atoms with Gasteiger partial charge in [0.1, 0.15) is 5.52 Å². The van der Waals surface area contributed by atoms with Crippen LogP contribution in [0.25, 0.3) is 10.9 Å². The monoisotopic (exact) mass is 181 g/mol. The van der Waals surface area contributed by atoms with Crippen LogP contribution in [-0.2, 0) is 0 Å². The van der Waals surface area contributed by atoms with Crippen LogP contribution in [0, 0.1) is 12.7 Å². The average Bonchev–Trinajstić information content (AvgIpc) is 2.53. The predicted molar refractivity (Wildman–Crippen MR) is 49.9 cm³/mol. The molecule has 1 N–H and O–H groups in total. The van der Waals surface area contributed by atoms with Crippen molar-refractivity contribution in [1.82, 2.24) is 15.2 Å². The Morgan fingerprint density at radius 1 is 1.31 bits per heavy atom. The van der Waals surface area contributed by atoms with E-state index in [1.165, 1.54) is 0 Å². The molecule has 0 amide bonds. The molecular weight excluding hydrogens is 169 g/mol. The van der Waals surface area contributed by atoms with E-state index in [1.54, 1.807) is 6.20 Å². The van der Waals surface area contributed by atoms with Gasteiger partial charge in [0.15, 0.2) is 5.82 Å². The fourth-order valence-electron chi connectivity index (χ4n) is 1.02. The van der Waals surface area contributed by atoms with Crippen molar-refractivity contribution in [2.24, 2.45) is 0 Å². The van der Waals surface area contributed by atoms with Crippen LogP contribution in [0.5, 0.6) is 0 Å². The lowest BCUT2D eigenvalue weighted by molar-refractivity contribution is 0.630. The number of nitrogens with zero attached hydrogens (tertiary/aromatic N) is 2. The number of halogens is 1. The summed E-state index contributed by atoms with van der Waals surface area (Å²) in [6.07, 6.45) is 2.75. The number of nitrogens with one attached hydrogen (secondary N) is 1. The summed E-state index contributed by atoms with van der Waals surface area (Å²) in [6, 6.07) is 0. The van der Waals surface area contributed by atoms with E-state index in [4.69, 9.17) is 0 Å². The van der Waals surface area contributed by atoms with Crippen molar-refractivity contribution in [3.63, 3.8) is 0 Å². The Balaban J connectivity index is 0.000000396. The van der Waals surface area contributed by atoms with Crippen molar-refractivity contribution in [2.75, 3.05) is 0 Å². The molecule has 0 radical (unpaired) electrons. The summed E-state index contributed by atoms with van der Waals surface area (Å²) in [5.74, 6) is -0.383. The molecule has 0 aliphatic carbocycles. The van der Waals surface area contributed by atoms with Crippen LogP contribution in [-0.4, -0.2) is 15.2 Å². The minimum atomic E-state index is -0.383. The van der Waals surface area contributed by atoms with Crippen LogP contribution in [0.2, 0.25) is 0 Å². The largest absolute Gasteiger partial charge is 0.281 e. The van der Waals surface area contributed by atoms with Gasteiger partial charge in [0.05, 0.1) is 6.20 Å². The predicted octanol–water partition coefficient (Wildman–Crippen LogP) is 2.43. The van der Waals surface area contributed by atoms with Crippen LogP contribution < -0.4 is 0 Å². The van der Waals surface area contributed by atoms with E-state index >= 15 is 0 Å². The topological polar surface area (TPSA) is 41.6 Å². The van der Waals surface area contributed by atoms with E-state index < -0.39 is 0 Å². The molecule has 0 saturated heterocycles. The van der Waals surface area contributed by atoms with Gasteiger partial charge in [-0.25, -0.2) is 4.39 Å². The summed E-state index contributed by atoms with van der Waals surface area (Å²) in [5, 5.41) is 7.21. The number of hydrogen-bond donors (Lipinski definition) is 1. The zero-order chi connectivity index (χ0) is 9.84. The molecule has 2 aromatic heterocycles. The molecule has 0 unspecified atom stereocenters. The fourth-order valence-corrected chi connectivity index (χ4v) is 1.02. The van der Waals surface area contributed by atoms with E-state index in [9.17, 15) is 4.39 Å². The first kappa shape index (κ1) is 9.64. The highest BCUT2D eigenvalue weighted by Gasteiger charge is 2.05. The highest BCUT2D eigenvalue weighted by molar-refractivity contribution is 5.80. The minimum Gasteiger partial charge on any atom is -0.281 e. The van der Waals surface area contributed by atoms with Crippen molar-refractivity contribution in [1.29, 1.82) is 0 Å². The minimum absolute atomic E-state index is 0.359. The molecule has 0 aliphatic rings. The Bertz CT molecular complexity index is 395. The number of aryl methyl sites for hydroxylation is 1. The van der Waals surface area contributed by atoms with E-state index in [0.717, 1.165) is 17.3 Å². The molecule has 0 bridgehead atoms. The van der Waals surface area contributed by atoms with Crippen LogP contribution in [0.1, 0.15) is 19.5 Å². The second-order valence-electron chi connectivity index (χ2n) is 2.37. The van der Waals surface area contributed by atoms with E-state index in [1.807, 2.05) is 20.8 Å². The average molecular weight is 181 g/mol. The maximum atomic E-state index is 12.9. The van der Waals surface area contributed by atoms with Crippen LogP contribution in [0.15, 0.2) is 12.4 Å². The lowest BCUT2D eigenvalue weighted by Crippen LogP contribution is -1.79. The maximum absolute atomic E-state index is 12.9. The molecule has 2 heterocycles. The molecule has 0 aliphatic heterocycles. The Kier molecular flexibility index (Phi) is 2.95. The molecule has 2 rings (SSSR count). The highest BCUT2D eigenvalue weighted by atomic mass is 19.1. The highest BCUT2D eigenvalue weighted by Crippen LogP contribution is 2.15.